The number of hydrogen-bond acceptors (Lipinski definition) is 3. The van der Waals surface area contributed by atoms with Crippen molar-refractivity contribution in [2.45, 2.75) is 38.3 Å². The average molecular weight is 313 g/mol. The lowest BCUT2D eigenvalue weighted by Crippen LogP contribution is -2.38. The van der Waals surface area contributed by atoms with Gasteiger partial charge in [0.1, 0.15) is 0 Å². The predicted molar refractivity (Wildman–Crippen MR) is 78.7 cm³/mol. The molecule has 0 bridgehead atoms. The van der Waals surface area contributed by atoms with Crippen LogP contribution in [0.1, 0.15) is 31.2 Å². The fourth-order valence-electron chi connectivity index (χ4n) is 2.66. The zero-order valence-electron chi connectivity index (χ0n) is 10.6. The Morgan fingerprint density at radius 2 is 2.17 bits per heavy atom. The van der Waals surface area contributed by atoms with Crippen LogP contribution in [0.3, 0.4) is 0 Å². The lowest BCUT2D eigenvalue weighted by atomic mass is 10.1. The van der Waals surface area contributed by atoms with Crippen molar-refractivity contribution in [3.8, 4) is 0 Å². The topological polar surface area (TPSA) is 49.5 Å². The summed E-state index contributed by atoms with van der Waals surface area (Å²) in [4.78, 5) is 2.33. The van der Waals surface area contributed by atoms with Gasteiger partial charge in [-0.25, -0.2) is 0 Å². The third-order valence-electron chi connectivity index (χ3n) is 3.66. The van der Waals surface area contributed by atoms with E-state index in [1.807, 2.05) is 6.07 Å². The van der Waals surface area contributed by atoms with Crippen LogP contribution in [0.15, 0.2) is 22.7 Å². The summed E-state index contributed by atoms with van der Waals surface area (Å²) < 4.78 is 1.07. The van der Waals surface area contributed by atoms with Gasteiger partial charge < -0.3 is 15.7 Å². The van der Waals surface area contributed by atoms with Crippen LogP contribution in [0.5, 0.6) is 0 Å². The number of anilines is 1. The molecular weight excluding hydrogens is 292 g/mol. The van der Waals surface area contributed by atoms with Gasteiger partial charge in [-0.3, -0.25) is 0 Å². The summed E-state index contributed by atoms with van der Waals surface area (Å²) in [6.45, 7) is 1.77. The van der Waals surface area contributed by atoms with Crippen molar-refractivity contribution in [2.75, 3.05) is 18.1 Å². The first kappa shape index (κ1) is 13.8. The van der Waals surface area contributed by atoms with E-state index in [1.165, 1.54) is 24.9 Å². The molecule has 0 amide bonds. The summed E-state index contributed by atoms with van der Waals surface area (Å²) >= 11 is 3.52. The quantitative estimate of drug-likeness (QED) is 0.902. The van der Waals surface area contributed by atoms with Crippen LogP contribution in [0.2, 0.25) is 0 Å². The number of aliphatic hydroxyl groups is 1. The first-order valence-electron chi connectivity index (χ1n) is 6.62. The van der Waals surface area contributed by atoms with Crippen molar-refractivity contribution in [1.82, 2.24) is 0 Å². The molecule has 1 fully saturated rings. The van der Waals surface area contributed by atoms with Gasteiger partial charge >= 0.3 is 0 Å². The van der Waals surface area contributed by atoms with E-state index in [9.17, 15) is 5.11 Å². The molecule has 100 valence electrons. The van der Waals surface area contributed by atoms with E-state index in [0.29, 0.717) is 6.54 Å². The third kappa shape index (κ3) is 3.05. The number of aliphatic hydroxyl groups excluding tert-OH is 1. The smallest absolute Gasteiger partial charge is 0.0635 e. The van der Waals surface area contributed by atoms with Crippen LogP contribution in [-0.2, 0) is 6.54 Å². The van der Waals surface area contributed by atoms with Crippen LogP contribution in [0.4, 0.5) is 5.69 Å². The van der Waals surface area contributed by atoms with Gasteiger partial charge in [0, 0.05) is 23.2 Å². The van der Waals surface area contributed by atoms with Crippen molar-refractivity contribution >= 4 is 21.6 Å². The summed E-state index contributed by atoms with van der Waals surface area (Å²) in [5, 5.41) is 9.60. The molecule has 1 aromatic rings. The molecule has 0 spiro atoms. The summed E-state index contributed by atoms with van der Waals surface area (Å²) in [7, 11) is 0. The van der Waals surface area contributed by atoms with Crippen LogP contribution >= 0.6 is 15.9 Å². The highest BCUT2D eigenvalue weighted by Gasteiger charge is 2.22. The molecule has 3 nitrogen and oxygen atoms in total. The van der Waals surface area contributed by atoms with Crippen LogP contribution in [0.25, 0.3) is 0 Å². The van der Waals surface area contributed by atoms with Crippen LogP contribution in [-0.4, -0.2) is 24.3 Å². The number of hydrogen-bond donors (Lipinski definition) is 2. The highest BCUT2D eigenvalue weighted by atomic mass is 79.9. The van der Waals surface area contributed by atoms with Gasteiger partial charge in [0.2, 0.25) is 0 Å². The Morgan fingerprint density at radius 1 is 1.33 bits per heavy atom. The van der Waals surface area contributed by atoms with Gasteiger partial charge in [-0.1, -0.05) is 34.8 Å². The number of benzene rings is 1. The Kier molecular flexibility index (Phi) is 5.03. The molecule has 1 aromatic carbocycles. The van der Waals surface area contributed by atoms with Crippen molar-refractivity contribution in [1.29, 1.82) is 0 Å². The number of nitrogens with zero attached hydrogens (tertiary/aromatic N) is 1. The van der Waals surface area contributed by atoms with E-state index >= 15 is 0 Å². The molecule has 1 saturated heterocycles. The van der Waals surface area contributed by atoms with E-state index in [4.69, 9.17) is 5.73 Å². The molecule has 1 atom stereocenters. The molecule has 0 radical (unpaired) electrons. The summed E-state index contributed by atoms with van der Waals surface area (Å²) in [6.07, 6.45) is 4.70. The van der Waals surface area contributed by atoms with Gasteiger partial charge in [0.05, 0.1) is 12.6 Å². The predicted octanol–water partition coefficient (Wildman–Crippen LogP) is 2.65. The van der Waals surface area contributed by atoms with Crippen LogP contribution < -0.4 is 10.6 Å². The van der Waals surface area contributed by atoms with E-state index < -0.39 is 0 Å². The maximum atomic E-state index is 9.60. The molecule has 0 aromatic heterocycles. The Morgan fingerprint density at radius 3 is 2.89 bits per heavy atom. The molecule has 1 aliphatic rings. The average Bonchev–Trinajstić information content (AvgIpc) is 2.63. The van der Waals surface area contributed by atoms with E-state index in [1.54, 1.807) is 0 Å². The Hall–Kier alpha value is -0.580. The summed E-state index contributed by atoms with van der Waals surface area (Å²) in [5.74, 6) is 0. The zero-order chi connectivity index (χ0) is 13.0. The van der Waals surface area contributed by atoms with E-state index in [0.717, 1.165) is 23.0 Å². The Bertz CT molecular complexity index is 397. The largest absolute Gasteiger partial charge is 0.394 e. The van der Waals surface area contributed by atoms with Gasteiger partial charge in [-0.15, -0.1) is 0 Å². The molecule has 1 aliphatic heterocycles. The molecule has 1 heterocycles. The van der Waals surface area contributed by atoms with Gasteiger partial charge in [-0.2, -0.15) is 0 Å². The summed E-state index contributed by atoms with van der Waals surface area (Å²) in [6, 6.07) is 6.44. The fraction of sp³-hybridized carbons (Fsp3) is 0.571. The Balaban J connectivity index is 2.34. The lowest BCUT2D eigenvalue weighted by Gasteiger charge is -2.32. The number of nitrogens with two attached hydrogens (primary N) is 1. The second-order valence-electron chi connectivity index (χ2n) is 4.86. The van der Waals surface area contributed by atoms with E-state index in [2.05, 4.69) is 33.0 Å². The van der Waals surface area contributed by atoms with Crippen molar-refractivity contribution < 1.29 is 5.11 Å². The first-order valence-corrected chi connectivity index (χ1v) is 7.41. The van der Waals surface area contributed by atoms with Crippen molar-refractivity contribution in [3.05, 3.63) is 28.2 Å². The highest BCUT2D eigenvalue weighted by Crippen LogP contribution is 2.29. The SMILES string of the molecule is NCc1ccc(Br)cc1N1CCCCCC1CO. The minimum absolute atomic E-state index is 0.219. The zero-order valence-corrected chi connectivity index (χ0v) is 12.2. The normalized spacial score (nSPS) is 20.8. The van der Waals surface area contributed by atoms with Gasteiger partial charge in [0.25, 0.3) is 0 Å². The molecule has 0 saturated carbocycles. The maximum absolute atomic E-state index is 9.60. The molecular formula is C14H21BrN2O. The minimum Gasteiger partial charge on any atom is -0.394 e. The lowest BCUT2D eigenvalue weighted by molar-refractivity contribution is 0.255. The number of halogens is 1. The summed E-state index contributed by atoms with van der Waals surface area (Å²) in [5.41, 5.74) is 8.15. The van der Waals surface area contributed by atoms with Crippen molar-refractivity contribution in [2.24, 2.45) is 5.73 Å². The molecule has 18 heavy (non-hydrogen) atoms. The van der Waals surface area contributed by atoms with Crippen LogP contribution in [0, 0.1) is 0 Å². The fourth-order valence-corrected chi connectivity index (χ4v) is 3.01. The maximum Gasteiger partial charge on any atom is 0.0635 e. The standard InChI is InChI=1S/C14H21BrN2O/c15-12-6-5-11(9-16)14(8-12)17-7-3-1-2-4-13(17)10-18/h5-6,8,13,18H,1-4,7,9-10,16H2. The highest BCUT2D eigenvalue weighted by molar-refractivity contribution is 9.10. The molecule has 4 heteroatoms. The second-order valence-corrected chi connectivity index (χ2v) is 5.77. The molecule has 3 N–H and O–H groups in total. The number of rotatable bonds is 3. The first-order chi connectivity index (χ1) is 8.76. The van der Waals surface area contributed by atoms with Crippen molar-refractivity contribution in [3.63, 3.8) is 0 Å². The molecule has 2 rings (SSSR count). The molecule has 0 aliphatic carbocycles. The Labute approximate surface area is 117 Å². The van der Waals surface area contributed by atoms with Gasteiger partial charge in [-0.05, 0) is 30.5 Å². The third-order valence-corrected chi connectivity index (χ3v) is 4.16. The monoisotopic (exact) mass is 312 g/mol. The second kappa shape index (κ2) is 6.55. The minimum atomic E-state index is 0.219. The van der Waals surface area contributed by atoms with Gasteiger partial charge in [0.15, 0.2) is 0 Å². The molecule has 1 unspecified atom stereocenters. The van der Waals surface area contributed by atoms with E-state index in [-0.39, 0.29) is 12.6 Å².